The van der Waals surface area contributed by atoms with Gasteiger partial charge in [-0.2, -0.15) is 0 Å². The van der Waals surface area contributed by atoms with Crippen LogP contribution in [-0.2, 0) is 0 Å². The van der Waals surface area contributed by atoms with Crippen LogP contribution in [0.2, 0.25) is 0 Å². The van der Waals surface area contributed by atoms with Crippen LogP contribution in [-0.4, -0.2) is 55.1 Å². The Morgan fingerprint density at radius 1 is 1.10 bits per heavy atom. The van der Waals surface area contributed by atoms with E-state index in [-0.39, 0.29) is 0 Å². The summed E-state index contributed by atoms with van der Waals surface area (Å²) in [6.07, 6.45) is 8.09. The largest absolute Gasteiger partial charge is 0.350 e. The van der Waals surface area contributed by atoms with Gasteiger partial charge in [0.15, 0.2) is 0 Å². The van der Waals surface area contributed by atoms with E-state index in [1.807, 2.05) is 47.2 Å². The molecule has 1 saturated heterocycles. The average molecular weight is 414 g/mol. The molecule has 1 saturated carbocycles. The van der Waals surface area contributed by atoms with Gasteiger partial charge in [0.05, 0.1) is 28.4 Å². The Labute approximate surface area is 181 Å². The van der Waals surface area contributed by atoms with Gasteiger partial charge in [0.1, 0.15) is 0 Å². The van der Waals surface area contributed by atoms with Gasteiger partial charge in [-0.15, -0.1) is 5.10 Å². The summed E-state index contributed by atoms with van der Waals surface area (Å²) in [5.74, 6) is 1.45. The summed E-state index contributed by atoms with van der Waals surface area (Å²) in [5.41, 5.74) is 5.21. The first-order valence-electron chi connectivity index (χ1n) is 11.1. The van der Waals surface area contributed by atoms with E-state index in [2.05, 4.69) is 34.0 Å². The number of hydrogen-bond acceptors (Lipinski definition) is 6. The third-order valence-electron chi connectivity index (χ3n) is 6.58. The third-order valence-corrected chi connectivity index (χ3v) is 6.58. The van der Waals surface area contributed by atoms with E-state index < -0.39 is 0 Å². The van der Waals surface area contributed by atoms with Crippen molar-refractivity contribution in [2.75, 3.05) is 25.0 Å². The molecule has 0 amide bonds. The Hall–Kier alpha value is -3.06. The number of pyridine rings is 2. The highest BCUT2D eigenvalue weighted by atomic mass is 15.3. The number of aromatic nitrogens is 5. The molecule has 2 aliphatic rings. The summed E-state index contributed by atoms with van der Waals surface area (Å²) in [4.78, 5) is 16.3. The number of fused-ring (bicyclic) bond motifs is 2. The summed E-state index contributed by atoms with van der Waals surface area (Å²) in [7, 11) is 0. The van der Waals surface area contributed by atoms with Gasteiger partial charge in [0, 0.05) is 43.6 Å². The lowest BCUT2D eigenvalue weighted by molar-refractivity contribution is -0.0711. The van der Waals surface area contributed by atoms with Crippen LogP contribution in [0.5, 0.6) is 0 Å². The molecule has 6 rings (SSSR count). The van der Waals surface area contributed by atoms with E-state index in [1.54, 1.807) is 6.20 Å². The molecule has 1 aliphatic heterocycles. The van der Waals surface area contributed by atoms with Crippen LogP contribution in [0.3, 0.4) is 0 Å². The highest BCUT2D eigenvalue weighted by molar-refractivity contribution is 5.83. The smallest absolute Gasteiger partial charge is 0.241 e. The lowest BCUT2D eigenvalue weighted by Gasteiger charge is -2.59. The summed E-state index contributed by atoms with van der Waals surface area (Å²) in [5, 5.41) is 8.23. The molecular weight excluding hydrogens is 386 g/mol. The van der Waals surface area contributed by atoms with E-state index in [1.165, 1.54) is 32.5 Å². The minimum absolute atomic E-state index is 0.475. The predicted octanol–water partition coefficient (Wildman–Crippen LogP) is 3.87. The fraction of sp³-hybridized carbons (Fsp3) is 0.417. The number of rotatable bonds is 5. The van der Waals surface area contributed by atoms with Gasteiger partial charge >= 0.3 is 0 Å². The Bertz CT molecular complexity index is 1250. The molecular formula is C24H27N7. The van der Waals surface area contributed by atoms with Crippen molar-refractivity contribution in [3.63, 3.8) is 0 Å². The topological polar surface area (TPSA) is 71.2 Å². The number of nitrogens with one attached hydrogen (secondary N) is 1. The second-order valence-corrected chi connectivity index (χ2v) is 9.69. The van der Waals surface area contributed by atoms with E-state index in [0.717, 1.165) is 33.7 Å². The molecule has 2 fully saturated rings. The quantitative estimate of drug-likeness (QED) is 0.536. The van der Waals surface area contributed by atoms with Crippen LogP contribution >= 0.6 is 0 Å². The molecule has 7 nitrogen and oxygen atoms in total. The molecule has 1 N–H and O–H groups in total. The van der Waals surface area contributed by atoms with E-state index in [4.69, 9.17) is 10.1 Å². The van der Waals surface area contributed by atoms with Crippen molar-refractivity contribution >= 4 is 22.5 Å². The van der Waals surface area contributed by atoms with Crippen LogP contribution < -0.4 is 5.32 Å². The number of likely N-dealkylation sites (tertiary alicyclic amines) is 1. The summed E-state index contributed by atoms with van der Waals surface area (Å²) in [6.45, 7) is 8.31. The fourth-order valence-electron chi connectivity index (χ4n) is 5.37. The van der Waals surface area contributed by atoms with Gasteiger partial charge in [-0.25, -0.2) is 14.5 Å². The molecule has 4 aromatic rings. The number of anilines is 1. The van der Waals surface area contributed by atoms with Crippen molar-refractivity contribution in [3.8, 4) is 11.3 Å². The molecule has 158 valence electrons. The summed E-state index contributed by atoms with van der Waals surface area (Å²) < 4.78 is 1.89. The van der Waals surface area contributed by atoms with Crippen molar-refractivity contribution in [3.05, 3.63) is 48.9 Å². The van der Waals surface area contributed by atoms with Gasteiger partial charge in [-0.05, 0) is 54.5 Å². The Morgan fingerprint density at radius 2 is 1.97 bits per heavy atom. The maximum absolute atomic E-state index is 4.77. The molecule has 0 radical (unpaired) electrons. The van der Waals surface area contributed by atoms with Gasteiger partial charge in [-0.3, -0.25) is 4.98 Å². The van der Waals surface area contributed by atoms with Gasteiger partial charge in [-0.1, -0.05) is 13.8 Å². The minimum atomic E-state index is 0.475. The van der Waals surface area contributed by atoms with Crippen molar-refractivity contribution < 1.29 is 0 Å². The third kappa shape index (κ3) is 3.33. The Balaban J connectivity index is 1.15. The van der Waals surface area contributed by atoms with Crippen molar-refractivity contribution in [1.82, 2.24) is 29.5 Å². The van der Waals surface area contributed by atoms with E-state index in [0.29, 0.717) is 17.4 Å². The first-order chi connectivity index (χ1) is 15.1. The molecule has 0 bridgehead atoms. The minimum Gasteiger partial charge on any atom is -0.350 e. The van der Waals surface area contributed by atoms with Crippen molar-refractivity contribution in [2.45, 2.75) is 32.7 Å². The highest BCUT2D eigenvalue weighted by Crippen LogP contribution is 2.49. The zero-order chi connectivity index (χ0) is 21.0. The SMILES string of the molecule is CC(C)CN1CC2(CC(Nc3ncc4c(-c5ccc6ncccc6n5)ccn4n3)C2)C1. The Morgan fingerprint density at radius 3 is 2.81 bits per heavy atom. The van der Waals surface area contributed by atoms with Gasteiger partial charge < -0.3 is 10.2 Å². The van der Waals surface area contributed by atoms with E-state index >= 15 is 0 Å². The molecule has 5 heterocycles. The zero-order valence-electron chi connectivity index (χ0n) is 18.0. The summed E-state index contributed by atoms with van der Waals surface area (Å²) in [6, 6.07) is 10.4. The molecule has 0 atom stereocenters. The molecule has 0 aromatic carbocycles. The molecule has 31 heavy (non-hydrogen) atoms. The highest BCUT2D eigenvalue weighted by Gasteiger charge is 2.52. The first kappa shape index (κ1) is 18.7. The van der Waals surface area contributed by atoms with Crippen molar-refractivity contribution in [1.29, 1.82) is 0 Å². The molecule has 7 heteroatoms. The standard InChI is InChI=1S/C24H27N7/c1-16(2)13-30-14-24(15-30)10-17(11-24)27-23-26-12-22-18(7-9-31(22)29-23)19-5-6-20-21(28-19)4-3-8-25-20/h3-9,12,16-17H,10-11,13-15H2,1-2H3,(H,27,29). The Kier molecular flexibility index (Phi) is 4.21. The summed E-state index contributed by atoms with van der Waals surface area (Å²) >= 11 is 0. The molecule has 0 unspecified atom stereocenters. The maximum atomic E-state index is 4.77. The van der Waals surface area contributed by atoms with Crippen LogP contribution in [0.4, 0.5) is 5.95 Å². The predicted molar refractivity (Wildman–Crippen MR) is 122 cm³/mol. The average Bonchev–Trinajstić information content (AvgIpc) is 3.13. The molecule has 4 aromatic heterocycles. The number of nitrogens with zero attached hydrogens (tertiary/aromatic N) is 6. The second kappa shape index (κ2) is 6.99. The van der Waals surface area contributed by atoms with Gasteiger partial charge in [0.25, 0.3) is 0 Å². The molecule has 1 spiro atoms. The zero-order valence-corrected chi connectivity index (χ0v) is 18.0. The normalized spacial score (nSPS) is 18.5. The van der Waals surface area contributed by atoms with Crippen LogP contribution in [0.25, 0.3) is 27.8 Å². The van der Waals surface area contributed by atoms with Crippen LogP contribution in [0, 0.1) is 11.3 Å². The number of hydrogen-bond donors (Lipinski definition) is 1. The van der Waals surface area contributed by atoms with Crippen LogP contribution in [0.1, 0.15) is 26.7 Å². The molecule has 1 aliphatic carbocycles. The van der Waals surface area contributed by atoms with Gasteiger partial charge in [0.2, 0.25) is 5.95 Å². The second-order valence-electron chi connectivity index (χ2n) is 9.69. The van der Waals surface area contributed by atoms with Crippen molar-refractivity contribution in [2.24, 2.45) is 11.3 Å². The first-order valence-corrected chi connectivity index (χ1v) is 11.1. The lowest BCUT2D eigenvalue weighted by Crippen LogP contribution is -2.65. The lowest BCUT2D eigenvalue weighted by atomic mass is 9.60. The van der Waals surface area contributed by atoms with Crippen LogP contribution in [0.15, 0.2) is 48.9 Å². The van der Waals surface area contributed by atoms with E-state index in [9.17, 15) is 0 Å². The fourth-order valence-corrected chi connectivity index (χ4v) is 5.37. The monoisotopic (exact) mass is 413 g/mol. The maximum Gasteiger partial charge on any atom is 0.241 e.